The lowest BCUT2D eigenvalue weighted by Gasteiger charge is -2.21. The van der Waals surface area contributed by atoms with E-state index in [0.717, 1.165) is 5.56 Å². The number of hydrogen-bond acceptors (Lipinski definition) is 3. The van der Waals surface area contributed by atoms with Crippen LogP contribution in [0.25, 0.3) is 0 Å². The Morgan fingerprint density at radius 1 is 1.29 bits per heavy atom. The van der Waals surface area contributed by atoms with Gasteiger partial charge in [-0.3, -0.25) is 4.79 Å². The quantitative estimate of drug-likeness (QED) is 0.901. The summed E-state index contributed by atoms with van der Waals surface area (Å²) < 4.78 is 18.2. The van der Waals surface area contributed by atoms with Gasteiger partial charge < -0.3 is 15.4 Å². The predicted octanol–water partition coefficient (Wildman–Crippen LogP) is 2.99. The summed E-state index contributed by atoms with van der Waals surface area (Å²) in [6, 6.07) is 3.31. The lowest BCUT2D eigenvalue weighted by molar-refractivity contribution is -0.117. The van der Waals surface area contributed by atoms with Crippen molar-refractivity contribution < 1.29 is 18.7 Å². The highest BCUT2D eigenvalue weighted by atomic mass is 19.1. The number of nitrogens with one attached hydrogen (secondary N) is 2. The van der Waals surface area contributed by atoms with Crippen molar-refractivity contribution >= 4 is 17.7 Å². The first kappa shape index (κ1) is 16.9. The van der Waals surface area contributed by atoms with Crippen molar-refractivity contribution in [3.63, 3.8) is 0 Å². The van der Waals surface area contributed by atoms with Gasteiger partial charge in [-0.1, -0.05) is 6.07 Å². The van der Waals surface area contributed by atoms with Crippen LogP contribution in [0, 0.1) is 12.7 Å². The molecule has 0 saturated carbocycles. The van der Waals surface area contributed by atoms with Crippen LogP contribution in [0.5, 0.6) is 0 Å². The summed E-state index contributed by atoms with van der Waals surface area (Å²) in [5, 5.41) is 4.99. The summed E-state index contributed by atoms with van der Waals surface area (Å²) in [5.41, 5.74) is 0.464. The molecule has 0 saturated heterocycles. The molecule has 0 aliphatic heterocycles. The monoisotopic (exact) mass is 296 g/mol. The van der Waals surface area contributed by atoms with Gasteiger partial charge in [-0.05, 0) is 52.3 Å². The zero-order chi connectivity index (χ0) is 16.2. The van der Waals surface area contributed by atoms with Crippen molar-refractivity contribution in [1.82, 2.24) is 5.32 Å². The Bertz CT molecular complexity index is 538. The molecule has 1 aromatic carbocycles. The van der Waals surface area contributed by atoms with Crippen molar-refractivity contribution in [2.24, 2.45) is 0 Å². The second-order valence-electron chi connectivity index (χ2n) is 5.82. The lowest BCUT2D eigenvalue weighted by Crippen LogP contribution is -2.44. The fraction of sp³-hybridized carbons (Fsp3) is 0.467. The molecule has 0 bridgehead atoms. The Morgan fingerprint density at radius 2 is 1.90 bits per heavy atom. The maximum atomic E-state index is 13.2. The van der Waals surface area contributed by atoms with E-state index in [1.807, 2.05) is 0 Å². The molecule has 5 nitrogen and oxygen atoms in total. The van der Waals surface area contributed by atoms with Crippen molar-refractivity contribution in [3.05, 3.63) is 29.6 Å². The minimum atomic E-state index is -0.803. The molecule has 0 fully saturated rings. The number of carbonyl (C=O) groups is 2. The van der Waals surface area contributed by atoms with E-state index in [1.165, 1.54) is 19.1 Å². The largest absolute Gasteiger partial charge is 0.444 e. The Balaban J connectivity index is 2.63. The molecule has 1 rings (SSSR count). The Morgan fingerprint density at radius 3 is 2.48 bits per heavy atom. The highest BCUT2D eigenvalue weighted by Gasteiger charge is 2.21. The van der Waals surface area contributed by atoms with E-state index in [9.17, 15) is 14.0 Å². The highest BCUT2D eigenvalue weighted by Crippen LogP contribution is 2.16. The average molecular weight is 296 g/mol. The van der Waals surface area contributed by atoms with E-state index in [2.05, 4.69) is 10.6 Å². The third-order valence-corrected chi connectivity index (χ3v) is 2.58. The van der Waals surface area contributed by atoms with Crippen LogP contribution in [0.1, 0.15) is 33.3 Å². The smallest absolute Gasteiger partial charge is 0.408 e. The minimum absolute atomic E-state index is 0.373. The number of benzene rings is 1. The maximum absolute atomic E-state index is 13.2. The Kier molecular flexibility index (Phi) is 5.29. The number of alkyl carbamates (subject to hydrolysis) is 1. The maximum Gasteiger partial charge on any atom is 0.408 e. The molecular formula is C15H21FN2O3. The van der Waals surface area contributed by atoms with Crippen LogP contribution in [-0.4, -0.2) is 23.6 Å². The lowest BCUT2D eigenvalue weighted by atomic mass is 10.2. The van der Waals surface area contributed by atoms with Crippen molar-refractivity contribution in [2.45, 2.75) is 46.3 Å². The van der Waals surface area contributed by atoms with Crippen LogP contribution >= 0.6 is 0 Å². The van der Waals surface area contributed by atoms with Crippen LogP contribution < -0.4 is 10.6 Å². The molecule has 0 radical (unpaired) electrons. The van der Waals surface area contributed by atoms with Gasteiger partial charge in [0.05, 0.1) is 0 Å². The molecular weight excluding hydrogens is 275 g/mol. The first-order valence-electron chi connectivity index (χ1n) is 6.65. The van der Waals surface area contributed by atoms with Gasteiger partial charge in [0, 0.05) is 5.69 Å². The third kappa shape index (κ3) is 5.81. The number of halogens is 1. The van der Waals surface area contributed by atoms with E-state index in [-0.39, 0.29) is 0 Å². The van der Waals surface area contributed by atoms with Crippen molar-refractivity contribution in [2.75, 3.05) is 5.32 Å². The van der Waals surface area contributed by atoms with E-state index < -0.39 is 29.5 Å². The third-order valence-electron chi connectivity index (χ3n) is 2.58. The summed E-state index contributed by atoms with van der Waals surface area (Å²) in [5.74, 6) is -0.891. The summed E-state index contributed by atoms with van der Waals surface area (Å²) >= 11 is 0. The zero-order valence-corrected chi connectivity index (χ0v) is 12.9. The molecule has 0 aliphatic carbocycles. The molecule has 0 aromatic heterocycles. The number of aryl methyl sites for hydroxylation is 1. The number of amides is 2. The molecule has 2 N–H and O–H groups in total. The van der Waals surface area contributed by atoms with Gasteiger partial charge >= 0.3 is 6.09 Å². The fourth-order valence-electron chi connectivity index (χ4n) is 1.52. The normalized spacial score (nSPS) is 12.5. The second-order valence-corrected chi connectivity index (χ2v) is 5.82. The number of anilines is 1. The average Bonchev–Trinajstić information content (AvgIpc) is 2.31. The van der Waals surface area contributed by atoms with Gasteiger partial charge in [-0.2, -0.15) is 0 Å². The van der Waals surface area contributed by atoms with Crippen LogP contribution in [0.2, 0.25) is 0 Å². The summed E-state index contributed by atoms with van der Waals surface area (Å²) in [6.07, 6.45) is -0.680. The summed E-state index contributed by atoms with van der Waals surface area (Å²) in [4.78, 5) is 23.5. The van der Waals surface area contributed by atoms with Crippen molar-refractivity contribution in [1.29, 1.82) is 0 Å². The van der Waals surface area contributed by atoms with Gasteiger partial charge in [-0.25, -0.2) is 9.18 Å². The number of carbonyl (C=O) groups excluding carboxylic acids is 2. The van der Waals surface area contributed by atoms with E-state index in [0.29, 0.717) is 5.69 Å². The molecule has 1 atom stereocenters. The van der Waals surface area contributed by atoms with Gasteiger partial charge in [0.15, 0.2) is 0 Å². The molecule has 6 heteroatoms. The molecule has 0 aliphatic rings. The van der Waals surface area contributed by atoms with Gasteiger partial charge in [0.1, 0.15) is 17.5 Å². The molecule has 0 heterocycles. The molecule has 0 spiro atoms. The van der Waals surface area contributed by atoms with Crippen LogP contribution in [0.3, 0.4) is 0 Å². The molecule has 116 valence electrons. The first-order chi connectivity index (χ1) is 9.58. The van der Waals surface area contributed by atoms with Gasteiger partial charge in [0.25, 0.3) is 0 Å². The Labute approximate surface area is 123 Å². The zero-order valence-electron chi connectivity index (χ0n) is 12.9. The molecule has 2 amide bonds. The topological polar surface area (TPSA) is 67.4 Å². The number of ether oxygens (including phenoxy) is 1. The van der Waals surface area contributed by atoms with E-state index in [1.54, 1.807) is 33.8 Å². The first-order valence-corrected chi connectivity index (χ1v) is 6.65. The number of hydrogen-bond donors (Lipinski definition) is 2. The van der Waals surface area contributed by atoms with Gasteiger partial charge in [-0.15, -0.1) is 0 Å². The summed E-state index contributed by atoms with van der Waals surface area (Å²) in [7, 11) is 0. The van der Waals surface area contributed by atoms with Crippen molar-refractivity contribution in [3.8, 4) is 0 Å². The standard InChI is InChI=1S/C15H21FN2O3/c1-9-6-7-11(16)8-12(9)18-13(19)10(2)17-14(20)21-15(3,4)5/h6-8,10H,1-5H3,(H,17,20)(H,18,19)/t10-/m1/s1. The second kappa shape index (κ2) is 6.56. The van der Waals surface area contributed by atoms with Gasteiger partial charge in [0.2, 0.25) is 5.91 Å². The predicted molar refractivity (Wildman–Crippen MR) is 78.6 cm³/mol. The Hall–Kier alpha value is -2.11. The minimum Gasteiger partial charge on any atom is -0.444 e. The fourth-order valence-corrected chi connectivity index (χ4v) is 1.52. The van der Waals surface area contributed by atoms with E-state index >= 15 is 0 Å². The highest BCUT2D eigenvalue weighted by molar-refractivity contribution is 5.96. The number of rotatable bonds is 3. The molecule has 1 aromatic rings. The molecule has 0 unspecified atom stereocenters. The van der Waals surface area contributed by atoms with Crippen LogP contribution in [0.4, 0.5) is 14.9 Å². The molecule has 21 heavy (non-hydrogen) atoms. The SMILES string of the molecule is Cc1ccc(F)cc1NC(=O)[C@@H](C)NC(=O)OC(C)(C)C. The summed E-state index contributed by atoms with van der Waals surface area (Å²) in [6.45, 7) is 8.46. The van der Waals surface area contributed by atoms with Crippen LogP contribution in [-0.2, 0) is 9.53 Å². The van der Waals surface area contributed by atoms with E-state index in [4.69, 9.17) is 4.74 Å². The van der Waals surface area contributed by atoms with Crippen LogP contribution in [0.15, 0.2) is 18.2 Å².